The Labute approximate surface area is 101 Å². The van der Waals surface area contributed by atoms with Crippen LogP contribution in [0.3, 0.4) is 0 Å². The largest absolute Gasteiger partial charge is 0.464 e. The van der Waals surface area contributed by atoms with Crippen molar-refractivity contribution in [3.63, 3.8) is 0 Å². The maximum Gasteiger partial charge on any atom is 0.336 e. The van der Waals surface area contributed by atoms with E-state index in [1.54, 1.807) is 6.92 Å². The number of rotatable bonds is 4. The van der Waals surface area contributed by atoms with E-state index in [1.807, 2.05) is 6.92 Å². The summed E-state index contributed by atoms with van der Waals surface area (Å²) in [5.74, 6) is -0.943. The zero-order chi connectivity index (χ0) is 13.1. The topological polar surface area (TPSA) is 67.9 Å². The Hall–Kier alpha value is -1.14. The van der Waals surface area contributed by atoms with E-state index in [0.717, 1.165) is 11.5 Å². The number of carbonyl (C=O) groups excluding carboxylic acids is 2. The van der Waals surface area contributed by atoms with Crippen molar-refractivity contribution < 1.29 is 19.2 Å². The lowest BCUT2D eigenvalue weighted by molar-refractivity contribution is -0.182. The summed E-state index contributed by atoms with van der Waals surface area (Å²) < 4.78 is 4.99. The smallest absolute Gasteiger partial charge is 0.336 e. The van der Waals surface area contributed by atoms with Crippen molar-refractivity contribution in [3.8, 4) is 0 Å². The molecule has 1 aliphatic heterocycles. The van der Waals surface area contributed by atoms with Crippen molar-refractivity contribution in [2.24, 2.45) is 0 Å². The van der Waals surface area contributed by atoms with E-state index in [2.05, 4.69) is 5.32 Å². The molecule has 0 aromatic carbocycles. The van der Waals surface area contributed by atoms with Crippen molar-refractivity contribution in [3.05, 3.63) is 0 Å². The molecule has 1 N–H and O–H groups in total. The lowest BCUT2D eigenvalue weighted by Gasteiger charge is -2.29. The third kappa shape index (κ3) is 2.58. The predicted octanol–water partition coefficient (Wildman–Crippen LogP) is 0.0800. The van der Waals surface area contributed by atoms with Crippen LogP contribution in [0.4, 0.5) is 0 Å². The summed E-state index contributed by atoms with van der Waals surface area (Å²) in [6.07, 6.45) is 1.18. The Morgan fingerprint density at radius 1 is 1.53 bits per heavy atom. The van der Waals surface area contributed by atoms with E-state index in [1.165, 1.54) is 14.2 Å². The molecule has 0 aromatic rings. The van der Waals surface area contributed by atoms with Crippen molar-refractivity contribution in [2.75, 3.05) is 20.8 Å². The number of hydrogen-bond donors (Lipinski definition) is 1. The number of ether oxygens (including phenoxy) is 1. The molecule has 0 aliphatic carbocycles. The van der Waals surface area contributed by atoms with Crippen molar-refractivity contribution >= 4 is 11.9 Å². The first-order valence-corrected chi connectivity index (χ1v) is 5.75. The standard InChI is InChI=1S/C11H20N2O4/c1-5-17-10(15)11(7-6-8(2)12-11)9(14)13(3)16-4/h8,12H,5-7H2,1-4H3. The number of likely N-dealkylation sites (N-methyl/N-ethyl adjacent to an activating group) is 1. The first-order chi connectivity index (χ1) is 7.97. The van der Waals surface area contributed by atoms with Crippen molar-refractivity contribution in [1.29, 1.82) is 0 Å². The number of nitrogens with zero attached hydrogens (tertiary/aromatic N) is 1. The minimum Gasteiger partial charge on any atom is -0.464 e. The number of hydrogen-bond acceptors (Lipinski definition) is 5. The minimum atomic E-state index is -1.29. The van der Waals surface area contributed by atoms with Gasteiger partial charge in [0, 0.05) is 13.1 Å². The second-order valence-electron chi connectivity index (χ2n) is 4.20. The Kier molecular flexibility index (Phi) is 4.47. The molecule has 1 rings (SSSR count). The van der Waals surface area contributed by atoms with Crippen LogP contribution in [0.1, 0.15) is 26.7 Å². The highest BCUT2D eigenvalue weighted by atomic mass is 16.7. The van der Waals surface area contributed by atoms with Gasteiger partial charge in [-0.3, -0.25) is 14.9 Å². The van der Waals surface area contributed by atoms with Gasteiger partial charge in [-0.2, -0.15) is 0 Å². The van der Waals surface area contributed by atoms with Gasteiger partial charge in [0.15, 0.2) is 5.54 Å². The summed E-state index contributed by atoms with van der Waals surface area (Å²) in [7, 11) is 2.86. The molecule has 17 heavy (non-hydrogen) atoms. The molecular formula is C11H20N2O4. The molecule has 0 saturated carbocycles. The molecule has 1 aliphatic rings. The van der Waals surface area contributed by atoms with Gasteiger partial charge in [0.1, 0.15) is 0 Å². The summed E-state index contributed by atoms with van der Waals surface area (Å²) in [4.78, 5) is 29.0. The molecule has 98 valence electrons. The molecule has 6 nitrogen and oxygen atoms in total. The van der Waals surface area contributed by atoms with E-state index in [-0.39, 0.29) is 12.6 Å². The van der Waals surface area contributed by atoms with E-state index in [0.29, 0.717) is 6.42 Å². The predicted molar refractivity (Wildman–Crippen MR) is 61.0 cm³/mol. The summed E-state index contributed by atoms with van der Waals surface area (Å²) >= 11 is 0. The number of hydroxylamine groups is 2. The molecule has 1 heterocycles. The molecule has 0 bridgehead atoms. The molecule has 6 heteroatoms. The third-order valence-electron chi connectivity index (χ3n) is 2.99. The highest BCUT2D eigenvalue weighted by molar-refractivity contribution is 6.07. The Bertz CT molecular complexity index is 308. The van der Waals surface area contributed by atoms with E-state index < -0.39 is 17.4 Å². The van der Waals surface area contributed by atoms with Crippen LogP contribution in [0.15, 0.2) is 0 Å². The molecule has 0 spiro atoms. The summed E-state index contributed by atoms with van der Waals surface area (Å²) in [6.45, 7) is 3.90. The van der Waals surface area contributed by atoms with Gasteiger partial charge < -0.3 is 4.74 Å². The normalized spacial score (nSPS) is 27.9. The second-order valence-corrected chi connectivity index (χ2v) is 4.20. The molecule has 2 atom stereocenters. The Morgan fingerprint density at radius 3 is 2.59 bits per heavy atom. The van der Waals surface area contributed by atoms with Crippen LogP contribution in [0.2, 0.25) is 0 Å². The molecule has 1 fully saturated rings. The van der Waals surface area contributed by atoms with E-state index in [4.69, 9.17) is 9.57 Å². The van der Waals surface area contributed by atoms with Crippen LogP contribution in [0.25, 0.3) is 0 Å². The second kappa shape index (κ2) is 5.46. The third-order valence-corrected chi connectivity index (χ3v) is 2.99. The molecule has 1 saturated heterocycles. The van der Waals surface area contributed by atoms with Gasteiger partial charge in [0.25, 0.3) is 5.91 Å². The van der Waals surface area contributed by atoms with Gasteiger partial charge in [-0.05, 0) is 26.7 Å². The van der Waals surface area contributed by atoms with Crippen LogP contribution < -0.4 is 5.32 Å². The van der Waals surface area contributed by atoms with Crippen LogP contribution in [-0.2, 0) is 19.2 Å². The summed E-state index contributed by atoms with van der Waals surface area (Å²) in [6, 6.07) is 0.105. The highest BCUT2D eigenvalue weighted by Gasteiger charge is 2.53. The van der Waals surface area contributed by atoms with Gasteiger partial charge >= 0.3 is 5.97 Å². The molecular weight excluding hydrogens is 224 g/mol. The highest BCUT2D eigenvalue weighted by Crippen LogP contribution is 2.27. The van der Waals surface area contributed by atoms with Gasteiger partial charge in [0.2, 0.25) is 0 Å². The average Bonchev–Trinajstić information content (AvgIpc) is 2.71. The first-order valence-electron chi connectivity index (χ1n) is 5.75. The fourth-order valence-corrected chi connectivity index (χ4v) is 2.02. The SMILES string of the molecule is CCOC(=O)C1(C(=O)N(C)OC)CCC(C)N1. The summed E-state index contributed by atoms with van der Waals surface area (Å²) in [5, 5.41) is 4.08. The maximum absolute atomic E-state index is 12.2. The first kappa shape index (κ1) is 13.9. The zero-order valence-electron chi connectivity index (χ0n) is 10.8. The quantitative estimate of drug-likeness (QED) is 0.431. The van der Waals surface area contributed by atoms with Crippen LogP contribution in [0, 0.1) is 0 Å². The average molecular weight is 244 g/mol. The van der Waals surface area contributed by atoms with Gasteiger partial charge in [-0.15, -0.1) is 0 Å². The monoisotopic (exact) mass is 244 g/mol. The molecule has 1 amide bonds. The van der Waals surface area contributed by atoms with Crippen LogP contribution in [-0.4, -0.2) is 49.3 Å². The molecule has 0 aromatic heterocycles. The van der Waals surface area contributed by atoms with Crippen LogP contribution in [0.5, 0.6) is 0 Å². The number of esters is 1. The van der Waals surface area contributed by atoms with E-state index in [9.17, 15) is 9.59 Å². The molecule has 2 unspecified atom stereocenters. The van der Waals surface area contributed by atoms with Gasteiger partial charge in [-0.25, -0.2) is 9.86 Å². The Morgan fingerprint density at radius 2 is 2.18 bits per heavy atom. The van der Waals surface area contributed by atoms with Crippen molar-refractivity contribution in [1.82, 2.24) is 10.4 Å². The lowest BCUT2D eigenvalue weighted by Crippen LogP contribution is -2.60. The minimum absolute atomic E-state index is 0.105. The summed E-state index contributed by atoms with van der Waals surface area (Å²) in [5.41, 5.74) is -1.29. The van der Waals surface area contributed by atoms with E-state index >= 15 is 0 Å². The molecule has 0 radical (unpaired) electrons. The zero-order valence-corrected chi connectivity index (χ0v) is 10.8. The number of carbonyl (C=O) groups is 2. The number of amides is 1. The Balaban J connectivity index is 2.95. The lowest BCUT2D eigenvalue weighted by atomic mass is 9.96. The fourth-order valence-electron chi connectivity index (χ4n) is 2.02. The van der Waals surface area contributed by atoms with Crippen LogP contribution >= 0.6 is 0 Å². The van der Waals surface area contributed by atoms with Gasteiger partial charge in [0.05, 0.1) is 13.7 Å². The number of nitrogens with one attached hydrogen (secondary N) is 1. The maximum atomic E-state index is 12.2. The van der Waals surface area contributed by atoms with Gasteiger partial charge in [-0.1, -0.05) is 0 Å². The van der Waals surface area contributed by atoms with Crippen molar-refractivity contribution in [2.45, 2.75) is 38.3 Å². The fraction of sp³-hybridized carbons (Fsp3) is 0.818.